The molecular weight excluding hydrogens is 687 g/mol. The van der Waals surface area contributed by atoms with Gasteiger partial charge in [-0.25, -0.2) is 4.79 Å². The molecule has 1 saturated heterocycles. The Morgan fingerprint density at radius 1 is 0.960 bits per heavy atom. The summed E-state index contributed by atoms with van der Waals surface area (Å²) in [6.45, 7) is 15.1. The monoisotopic (exact) mass is 721 g/mol. The summed E-state index contributed by atoms with van der Waals surface area (Å²) in [7, 11) is -10.1. The number of rotatable bonds is 5. The van der Waals surface area contributed by atoms with Crippen molar-refractivity contribution in [2.75, 3.05) is 5.32 Å². The molecule has 3 aromatic carbocycles. The number of nitrogens with one attached hydrogen (secondary N) is 1. The highest BCUT2D eigenvalue weighted by molar-refractivity contribution is 7.86. The molecule has 7 rings (SSSR count). The van der Waals surface area contributed by atoms with Gasteiger partial charge in [0.25, 0.3) is 26.1 Å². The quantitative estimate of drug-likeness (QED) is 0.251. The molecular formula is C35H35N3O10S2. The highest BCUT2D eigenvalue weighted by Crippen LogP contribution is 2.52. The van der Waals surface area contributed by atoms with Gasteiger partial charge in [0, 0.05) is 39.6 Å². The minimum atomic E-state index is -5.04. The van der Waals surface area contributed by atoms with Gasteiger partial charge in [0.1, 0.15) is 0 Å². The number of allylic oxidation sites excluding steroid dienone is 1. The molecule has 0 saturated carbocycles. The fraction of sp³-hybridized carbons (Fsp3) is 0.343. The third-order valence-electron chi connectivity index (χ3n) is 10.6. The highest BCUT2D eigenvalue weighted by Gasteiger charge is 2.45. The van der Waals surface area contributed by atoms with E-state index >= 15 is 0 Å². The lowest BCUT2D eigenvalue weighted by Crippen LogP contribution is -2.33. The van der Waals surface area contributed by atoms with Crippen LogP contribution >= 0.6 is 0 Å². The highest BCUT2D eigenvalue weighted by atomic mass is 32.2. The summed E-state index contributed by atoms with van der Waals surface area (Å²) in [4.78, 5) is 33.9. The van der Waals surface area contributed by atoms with Crippen LogP contribution in [-0.4, -0.2) is 55.0 Å². The van der Waals surface area contributed by atoms with Gasteiger partial charge in [0.15, 0.2) is 21.3 Å². The van der Waals surface area contributed by atoms with Crippen molar-refractivity contribution in [2.45, 2.75) is 87.1 Å². The standard InChI is InChI=1S/C35H35N3O10S2/c1-16-8-13-25(39)38(16)48-33(40)20-11-9-19(10-12-20)26-21-14-23-27(36-17(2)34(23,4)5)31(49(41,42)43)29(21)47-30-22(26)15-24-28(32(30)50(44,45)46)37-18(3)35(24,6)7/h9-12,14-15,17-18,36H,1,8,13H2,2-7H3,(H,41,42,43)(H,44,45,46). The molecule has 0 radical (unpaired) electrons. The van der Waals surface area contributed by atoms with Gasteiger partial charge in [0.2, 0.25) is 0 Å². The van der Waals surface area contributed by atoms with Gasteiger partial charge in [-0.2, -0.15) is 16.8 Å². The summed E-state index contributed by atoms with van der Waals surface area (Å²) in [6.07, 6.45) is 0.533. The summed E-state index contributed by atoms with van der Waals surface area (Å²) in [6, 6.07) is 8.82. The van der Waals surface area contributed by atoms with Gasteiger partial charge in [-0.1, -0.05) is 46.4 Å². The largest absolute Gasteiger partial charge is 0.453 e. The van der Waals surface area contributed by atoms with E-state index in [0.29, 0.717) is 34.4 Å². The number of benzene rings is 3. The summed E-state index contributed by atoms with van der Waals surface area (Å²) >= 11 is 0. The van der Waals surface area contributed by atoms with Crippen LogP contribution in [0.1, 0.15) is 87.0 Å². The number of fused-ring (bicyclic) bond motifs is 4. The maximum Gasteiger partial charge on any atom is 0.363 e. The van der Waals surface area contributed by atoms with E-state index in [2.05, 4.69) is 16.9 Å². The molecule has 2 unspecified atom stereocenters. The number of ether oxygens (including phenoxy) is 1. The number of anilines is 1. The number of carbonyl (C=O) groups is 2. The predicted octanol–water partition coefficient (Wildman–Crippen LogP) is 4.13. The second kappa shape index (κ2) is 10.7. The SMILES string of the molecule is C=C1CCC(=O)N1OC(=O)c1ccc(C2=c3cc4c(c(S(=O)(=O)O)c3Oc3c2cc2c(c3S(=O)(=O)O)NC(C)C2(C)C)=NC(C)C4(C)C)cc1. The fourth-order valence-electron chi connectivity index (χ4n) is 7.02. The van der Waals surface area contributed by atoms with E-state index < -0.39 is 58.8 Å². The molecule has 3 aromatic rings. The van der Waals surface area contributed by atoms with Gasteiger partial charge in [0.05, 0.1) is 28.3 Å². The number of hydrogen-bond acceptors (Lipinski definition) is 10. The maximum absolute atomic E-state index is 13.2. The summed E-state index contributed by atoms with van der Waals surface area (Å²) in [5.74, 6) is -1.93. The molecule has 4 heterocycles. The molecule has 0 spiro atoms. The van der Waals surface area contributed by atoms with Crippen molar-refractivity contribution >= 4 is 43.4 Å². The summed E-state index contributed by atoms with van der Waals surface area (Å²) in [5, 5.41) is 4.23. The predicted molar refractivity (Wildman–Crippen MR) is 181 cm³/mol. The average molecular weight is 722 g/mol. The van der Waals surface area contributed by atoms with Crippen LogP contribution in [-0.2, 0) is 40.7 Å². The van der Waals surface area contributed by atoms with Crippen molar-refractivity contribution in [3.05, 3.63) is 87.1 Å². The zero-order valence-corrected chi connectivity index (χ0v) is 29.7. The Bertz CT molecular complexity index is 2440. The summed E-state index contributed by atoms with van der Waals surface area (Å²) in [5.41, 5.74) is 1.27. The maximum atomic E-state index is 13.2. The van der Waals surface area contributed by atoms with E-state index in [1.54, 1.807) is 24.3 Å². The fourth-order valence-corrected chi connectivity index (χ4v) is 8.63. The van der Waals surface area contributed by atoms with Gasteiger partial charge in [-0.3, -0.25) is 18.9 Å². The average Bonchev–Trinajstić information content (AvgIpc) is 3.53. The van der Waals surface area contributed by atoms with Gasteiger partial charge in [-0.15, -0.1) is 5.06 Å². The first-order chi connectivity index (χ1) is 23.1. The minimum Gasteiger partial charge on any atom is -0.453 e. The van der Waals surface area contributed by atoms with Crippen LogP contribution in [0.25, 0.3) is 5.57 Å². The van der Waals surface area contributed by atoms with E-state index in [1.807, 2.05) is 41.5 Å². The minimum absolute atomic E-state index is 0.00913. The van der Waals surface area contributed by atoms with Gasteiger partial charge in [-0.05, 0) is 61.2 Å². The van der Waals surface area contributed by atoms with Crippen LogP contribution in [0, 0.1) is 0 Å². The lowest BCUT2D eigenvalue weighted by Gasteiger charge is -2.29. The molecule has 0 bridgehead atoms. The lowest BCUT2D eigenvalue weighted by molar-refractivity contribution is -0.153. The molecule has 15 heteroatoms. The first kappa shape index (κ1) is 33.9. The molecule has 1 amide bonds. The number of amides is 1. The Morgan fingerprint density at radius 3 is 2.18 bits per heavy atom. The van der Waals surface area contributed by atoms with Crippen LogP contribution in [0.4, 0.5) is 5.69 Å². The number of hydroxylamine groups is 2. The van der Waals surface area contributed by atoms with Gasteiger partial charge >= 0.3 is 5.97 Å². The molecule has 4 aliphatic heterocycles. The third-order valence-corrected chi connectivity index (χ3v) is 12.4. The normalized spacial score (nSPS) is 21.4. The molecule has 0 aromatic heterocycles. The molecule has 1 fully saturated rings. The van der Waals surface area contributed by atoms with Gasteiger partial charge < -0.3 is 14.9 Å². The summed E-state index contributed by atoms with van der Waals surface area (Å²) < 4.78 is 80.3. The van der Waals surface area contributed by atoms with Crippen molar-refractivity contribution < 1.29 is 45.1 Å². The molecule has 262 valence electrons. The van der Waals surface area contributed by atoms with Crippen LogP contribution in [0.3, 0.4) is 0 Å². The molecule has 50 heavy (non-hydrogen) atoms. The Balaban J connectivity index is 1.56. The molecule has 4 aliphatic rings. The second-order valence-corrected chi connectivity index (χ2v) is 17.0. The van der Waals surface area contributed by atoms with Crippen LogP contribution in [0.15, 0.2) is 63.5 Å². The van der Waals surface area contributed by atoms with E-state index in [4.69, 9.17) is 9.57 Å². The number of carbonyl (C=O) groups excluding carboxylic acids is 2. The Morgan fingerprint density at radius 2 is 1.60 bits per heavy atom. The molecule has 13 nitrogen and oxygen atoms in total. The lowest BCUT2D eigenvalue weighted by atomic mass is 9.78. The Labute approximate surface area is 288 Å². The zero-order chi connectivity index (χ0) is 36.5. The molecule has 0 aliphatic carbocycles. The van der Waals surface area contributed by atoms with E-state index in [0.717, 1.165) is 5.06 Å². The van der Waals surface area contributed by atoms with Crippen molar-refractivity contribution in [1.29, 1.82) is 0 Å². The molecule has 3 N–H and O–H groups in total. The molecule has 2 atom stereocenters. The van der Waals surface area contributed by atoms with Crippen LogP contribution < -0.4 is 20.6 Å². The number of hydrogen-bond donors (Lipinski definition) is 3. The van der Waals surface area contributed by atoms with E-state index in [-0.39, 0.29) is 51.4 Å². The topological polar surface area (TPSA) is 189 Å². The van der Waals surface area contributed by atoms with Crippen LogP contribution in [0.5, 0.6) is 11.5 Å². The first-order valence-corrected chi connectivity index (χ1v) is 18.8. The Kier molecular flexibility index (Phi) is 7.27. The van der Waals surface area contributed by atoms with E-state index in [1.165, 1.54) is 12.1 Å². The van der Waals surface area contributed by atoms with Crippen molar-refractivity contribution in [3.8, 4) is 11.5 Å². The first-order valence-electron chi connectivity index (χ1n) is 15.9. The smallest absolute Gasteiger partial charge is 0.363 e. The van der Waals surface area contributed by atoms with E-state index in [9.17, 15) is 35.5 Å². The van der Waals surface area contributed by atoms with Crippen LogP contribution in [0.2, 0.25) is 0 Å². The van der Waals surface area contributed by atoms with Crippen molar-refractivity contribution in [1.82, 2.24) is 5.06 Å². The van der Waals surface area contributed by atoms with Crippen molar-refractivity contribution in [3.63, 3.8) is 0 Å². The number of nitrogens with zero attached hydrogens (tertiary/aromatic N) is 2. The second-order valence-electron chi connectivity index (χ2n) is 14.2. The Hall–Kier alpha value is -4.57. The van der Waals surface area contributed by atoms with Crippen molar-refractivity contribution in [2.24, 2.45) is 4.99 Å². The zero-order valence-electron chi connectivity index (χ0n) is 28.1. The third kappa shape index (κ3) is 4.89.